The number of nitrogens with one attached hydrogen (secondary N) is 1. The molecule has 0 atom stereocenters. The first-order valence-corrected chi connectivity index (χ1v) is 5.49. The van der Waals surface area contributed by atoms with Gasteiger partial charge in [0.1, 0.15) is 0 Å². The highest BCUT2D eigenvalue weighted by molar-refractivity contribution is 9.10. The van der Waals surface area contributed by atoms with Crippen LogP contribution >= 0.6 is 27.5 Å². The average Bonchev–Trinajstić information content (AvgIpc) is 2.22. The smallest absolute Gasteiger partial charge is 0.251 e. The molecule has 0 saturated heterocycles. The van der Waals surface area contributed by atoms with Crippen LogP contribution in [0.1, 0.15) is 16.8 Å². The van der Waals surface area contributed by atoms with Crippen LogP contribution in [0, 0.1) is 12.3 Å². The molecule has 1 rings (SSSR count). The Morgan fingerprint density at radius 2 is 2.33 bits per heavy atom. The van der Waals surface area contributed by atoms with Crippen molar-refractivity contribution in [3.63, 3.8) is 0 Å². The van der Waals surface area contributed by atoms with Gasteiger partial charge in [-0.1, -0.05) is 11.6 Å². The van der Waals surface area contributed by atoms with Gasteiger partial charge in [0, 0.05) is 23.0 Å². The Kier molecular flexibility index (Phi) is 4.67. The molecule has 0 unspecified atom stereocenters. The maximum atomic E-state index is 11.5. The van der Waals surface area contributed by atoms with Gasteiger partial charge in [-0.2, -0.15) is 0 Å². The lowest BCUT2D eigenvalue weighted by Gasteiger charge is -2.04. The summed E-state index contributed by atoms with van der Waals surface area (Å²) < 4.78 is 0.703. The topological polar surface area (TPSA) is 29.1 Å². The summed E-state index contributed by atoms with van der Waals surface area (Å²) in [7, 11) is 0. The Bertz CT molecular complexity index is 412. The molecular formula is C11H9BrClNO. The maximum Gasteiger partial charge on any atom is 0.251 e. The number of rotatable bonds is 3. The number of hydrogen-bond donors (Lipinski definition) is 1. The van der Waals surface area contributed by atoms with Crippen molar-refractivity contribution in [2.24, 2.45) is 0 Å². The van der Waals surface area contributed by atoms with Crippen molar-refractivity contribution in [2.45, 2.75) is 6.42 Å². The lowest BCUT2D eigenvalue weighted by Crippen LogP contribution is -2.24. The molecule has 0 radical (unpaired) electrons. The van der Waals surface area contributed by atoms with Gasteiger partial charge >= 0.3 is 0 Å². The van der Waals surface area contributed by atoms with E-state index in [0.29, 0.717) is 28.0 Å². The van der Waals surface area contributed by atoms with E-state index >= 15 is 0 Å². The van der Waals surface area contributed by atoms with Crippen LogP contribution in [0.4, 0.5) is 0 Å². The van der Waals surface area contributed by atoms with Gasteiger partial charge in [0.05, 0.1) is 5.02 Å². The largest absolute Gasteiger partial charge is 0.351 e. The zero-order chi connectivity index (χ0) is 11.3. The summed E-state index contributed by atoms with van der Waals surface area (Å²) in [6, 6.07) is 5.01. The lowest BCUT2D eigenvalue weighted by molar-refractivity contribution is 0.0954. The highest BCUT2D eigenvalue weighted by atomic mass is 79.9. The summed E-state index contributed by atoms with van der Waals surface area (Å²) in [6.07, 6.45) is 5.60. The van der Waals surface area contributed by atoms with Crippen LogP contribution in [-0.4, -0.2) is 12.5 Å². The van der Waals surface area contributed by atoms with E-state index in [1.54, 1.807) is 18.2 Å². The molecule has 0 aromatic heterocycles. The zero-order valence-electron chi connectivity index (χ0n) is 7.89. The van der Waals surface area contributed by atoms with Crippen molar-refractivity contribution in [3.8, 4) is 12.3 Å². The molecule has 2 nitrogen and oxygen atoms in total. The minimum atomic E-state index is -0.150. The molecule has 4 heteroatoms. The Morgan fingerprint density at radius 1 is 1.60 bits per heavy atom. The number of amides is 1. The number of halogens is 2. The highest BCUT2D eigenvalue weighted by Gasteiger charge is 2.06. The number of carbonyl (C=O) groups excluding carboxylic acids is 1. The summed E-state index contributed by atoms with van der Waals surface area (Å²) in [5.74, 6) is 2.30. The van der Waals surface area contributed by atoms with E-state index < -0.39 is 0 Å². The molecule has 1 aromatic carbocycles. The number of terminal acetylenes is 1. The van der Waals surface area contributed by atoms with E-state index in [-0.39, 0.29) is 5.91 Å². The molecule has 0 aliphatic carbocycles. The first-order valence-electron chi connectivity index (χ1n) is 4.32. The van der Waals surface area contributed by atoms with E-state index in [1.807, 2.05) is 0 Å². The van der Waals surface area contributed by atoms with Crippen LogP contribution in [-0.2, 0) is 0 Å². The summed E-state index contributed by atoms with van der Waals surface area (Å²) in [5.41, 5.74) is 0.559. The highest BCUT2D eigenvalue weighted by Crippen LogP contribution is 2.23. The van der Waals surface area contributed by atoms with Crippen LogP contribution in [0.25, 0.3) is 0 Å². The SMILES string of the molecule is C#CCCNC(=O)c1ccc(Cl)c(Br)c1. The molecule has 0 aliphatic rings. The maximum absolute atomic E-state index is 11.5. The molecular weight excluding hydrogens is 277 g/mol. The fraction of sp³-hybridized carbons (Fsp3) is 0.182. The molecule has 0 heterocycles. The van der Waals surface area contributed by atoms with Gasteiger partial charge in [-0.15, -0.1) is 12.3 Å². The third-order valence-electron chi connectivity index (χ3n) is 1.74. The summed E-state index contributed by atoms with van der Waals surface area (Å²) >= 11 is 9.06. The fourth-order valence-electron chi connectivity index (χ4n) is 0.988. The molecule has 0 bridgehead atoms. The minimum Gasteiger partial charge on any atom is -0.351 e. The Labute approximate surface area is 102 Å². The van der Waals surface area contributed by atoms with Crippen LogP contribution in [0.3, 0.4) is 0 Å². The molecule has 0 fully saturated rings. The van der Waals surface area contributed by atoms with Crippen molar-refractivity contribution in [3.05, 3.63) is 33.3 Å². The van der Waals surface area contributed by atoms with Crippen molar-refractivity contribution < 1.29 is 4.79 Å². The average molecular weight is 287 g/mol. The molecule has 1 amide bonds. The molecule has 1 N–H and O–H groups in total. The second-order valence-electron chi connectivity index (χ2n) is 2.84. The van der Waals surface area contributed by atoms with Crippen LogP contribution in [0.5, 0.6) is 0 Å². The van der Waals surface area contributed by atoms with E-state index in [0.717, 1.165) is 0 Å². The summed E-state index contributed by atoms with van der Waals surface area (Å²) in [4.78, 5) is 11.5. The standard InChI is InChI=1S/C11H9BrClNO/c1-2-3-6-14-11(15)8-4-5-10(13)9(12)7-8/h1,4-5,7H,3,6H2,(H,14,15). The second kappa shape index (κ2) is 5.79. The van der Waals surface area contributed by atoms with E-state index in [1.165, 1.54) is 0 Å². The van der Waals surface area contributed by atoms with Gasteiger partial charge < -0.3 is 5.32 Å². The first-order chi connectivity index (χ1) is 7.15. The molecule has 1 aromatic rings. The van der Waals surface area contributed by atoms with Crippen molar-refractivity contribution in [1.29, 1.82) is 0 Å². The van der Waals surface area contributed by atoms with E-state index in [4.69, 9.17) is 18.0 Å². The molecule has 0 spiro atoms. The van der Waals surface area contributed by atoms with Gasteiger partial charge in [0.25, 0.3) is 5.91 Å². The van der Waals surface area contributed by atoms with Gasteiger partial charge in [-0.3, -0.25) is 4.79 Å². The van der Waals surface area contributed by atoms with Gasteiger partial charge in [-0.25, -0.2) is 0 Å². The first kappa shape index (κ1) is 12.1. The normalized spacial score (nSPS) is 9.40. The third kappa shape index (κ3) is 3.58. The number of carbonyl (C=O) groups is 1. The monoisotopic (exact) mass is 285 g/mol. The Morgan fingerprint density at radius 3 is 2.93 bits per heavy atom. The van der Waals surface area contributed by atoms with E-state index in [9.17, 15) is 4.79 Å². The Balaban J connectivity index is 2.67. The fourth-order valence-corrected chi connectivity index (χ4v) is 1.48. The van der Waals surface area contributed by atoms with Crippen LogP contribution < -0.4 is 5.32 Å². The third-order valence-corrected chi connectivity index (χ3v) is 2.95. The predicted molar refractivity (Wildman–Crippen MR) is 64.9 cm³/mol. The van der Waals surface area contributed by atoms with Crippen molar-refractivity contribution in [2.75, 3.05) is 6.54 Å². The number of benzene rings is 1. The molecule has 0 aliphatic heterocycles. The predicted octanol–water partition coefficient (Wildman–Crippen LogP) is 2.86. The van der Waals surface area contributed by atoms with Crippen molar-refractivity contribution >= 4 is 33.4 Å². The zero-order valence-corrected chi connectivity index (χ0v) is 10.2. The van der Waals surface area contributed by atoms with Gasteiger partial charge in [0.2, 0.25) is 0 Å². The molecule has 78 valence electrons. The Hall–Kier alpha value is -0.980. The van der Waals surface area contributed by atoms with E-state index in [2.05, 4.69) is 27.2 Å². The molecule has 15 heavy (non-hydrogen) atoms. The quantitative estimate of drug-likeness (QED) is 0.672. The van der Waals surface area contributed by atoms with Gasteiger partial charge in [-0.05, 0) is 34.1 Å². The van der Waals surface area contributed by atoms with Crippen LogP contribution in [0.15, 0.2) is 22.7 Å². The number of hydrogen-bond acceptors (Lipinski definition) is 1. The second-order valence-corrected chi connectivity index (χ2v) is 4.10. The summed E-state index contributed by atoms with van der Waals surface area (Å²) in [5, 5.41) is 3.28. The van der Waals surface area contributed by atoms with Crippen molar-refractivity contribution in [1.82, 2.24) is 5.32 Å². The molecule has 0 saturated carbocycles. The van der Waals surface area contributed by atoms with Crippen LogP contribution in [0.2, 0.25) is 5.02 Å². The van der Waals surface area contributed by atoms with Gasteiger partial charge in [0.15, 0.2) is 0 Å². The summed E-state index contributed by atoms with van der Waals surface area (Å²) in [6.45, 7) is 0.482. The lowest BCUT2D eigenvalue weighted by atomic mass is 10.2. The minimum absolute atomic E-state index is 0.150.